The molecular weight excluding hydrogens is 544 g/mol. The van der Waals surface area contributed by atoms with Gasteiger partial charge in [-0.3, -0.25) is 0 Å². The van der Waals surface area contributed by atoms with Crippen molar-refractivity contribution in [3.05, 3.63) is 65.2 Å². The van der Waals surface area contributed by atoms with Gasteiger partial charge in [0.05, 0.1) is 14.2 Å². The van der Waals surface area contributed by atoms with Crippen molar-refractivity contribution in [3.8, 4) is 5.75 Å². The zero-order valence-electron chi connectivity index (χ0n) is 25.9. The number of carbonyl (C=O) groups is 4. The summed E-state index contributed by atoms with van der Waals surface area (Å²) in [6.45, 7) is 12.5. The Hall–Kier alpha value is -4.28. The molecule has 42 heavy (non-hydrogen) atoms. The van der Waals surface area contributed by atoms with Crippen LogP contribution in [0.1, 0.15) is 58.2 Å². The molecule has 0 saturated carbocycles. The summed E-state index contributed by atoms with van der Waals surface area (Å²) in [5.74, 6) is -0.927. The summed E-state index contributed by atoms with van der Waals surface area (Å²) in [6, 6.07) is 12.5. The van der Waals surface area contributed by atoms with Gasteiger partial charge >= 0.3 is 24.1 Å². The third-order valence-corrected chi connectivity index (χ3v) is 5.29. The summed E-state index contributed by atoms with van der Waals surface area (Å²) in [4.78, 5) is 47.1. The lowest BCUT2D eigenvalue weighted by Gasteiger charge is -2.22. The molecule has 11 nitrogen and oxygen atoms in total. The topological polar surface area (TPSA) is 149 Å². The normalized spacial score (nSPS) is 12.4. The van der Waals surface area contributed by atoms with Crippen LogP contribution in [-0.4, -0.2) is 66.7 Å². The van der Waals surface area contributed by atoms with E-state index in [0.717, 1.165) is 16.7 Å². The van der Waals surface area contributed by atoms with E-state index < -0.39 is 47.4 Å². The Kier molecular flexibility index (Phi) is 13.8. The highest BCUT2D eigenvalue weighted by atomic mass is 16.6. The summed E-state index contributed by atoms with van der Waals surface area (Å²) in [5.41, 5.74) is 1.58. The maximum atomic E-state index is 11.8. The van der Waals surface area contributed by atoms with Gasteiger partial charge < -0.3 is 34.7 Å². The first-order chi connectivity index (χ1) is 19.4. The van der Waals surface area contributed by atoms with Crippen LogP contribution in [0, 0.1) is 6.92 Å². The fourth-order valence-corrected chi connectivity index (χ4v) is 3.40. The molecule has 0 aliphatic rings. The van der Waals surface area contributed by atoms with Crippen molar-refractivity contribution >= 4 is 24.1 Å². The molecule has 2 amide bonds. The van der Waals surface area contributed by atoms with Crippen LogP contribution < -0.4 is 10.6 Å². The molecule has 2 atom stereocenters. The Bertz CT molecular complexity index is 1070. The lowest BCUT2D eigenvalue weighted by molar-refractivity contribution is -0.143. The van der Waals surface area contributed by atoms with Gasteiger partial charge in [0.15, 0.2) is 0 Å². The van der Waals surface area contributed by atoms with Crippen molar-refractivity contribution < 1.29 is 43.2 Å². The van der Waals surface area contributed by atoms with E-state index in [1.165, 1.54) is 26.4 Å². The van der Waals surface area contributed by atoms with E-state index in [4.69, 9.17) is 14.2 Å². The number of alkyl carbamates (subject to hydrolysis) is 2. The number of nitrogens with one attached hydrogen (secondary N) is 2. The van der Waals surface area contributed by atoms with Crippen molar-refractivity contribution in [1.29, 1.82) is 0 Å². The van der Waals surface area contributed by atoms with Gasteiger partial charge in [-0.05, 0) is 71.7 Å². The SMILES string of the molecule is COC(=O)[C@H](Cc1ccc(C)cc1)NC(=O)OC(C)(C)C.COC(=O)[C@H](Cc1ccc(O)cc1)NC(=O)OC(C)(C)C. The summed E-state index contributed by atoms with van der Waals surface area (Å²) in [7, 11) is 2.55. The molecule has 11 heteroatoms. The third-order valence-electron chi connectivity index (χ3n) is 5.29. The van der Waals surface area contributed by atoms with Gasteiger partial charge in [-0.15, -0.1) is 0 Å². The predicted molar refractivity (Wildman–Crippen MR) is 157 cm³/mol. The average Bonchev–Trinajstić information content (AvgIpc) is 2.87. The summed E-state index contributed by atoms with van der Waals surface area (Å²) >= 11 is 0. The molecule has 0 saturated heterocycles. The summed E-state index contributed by atoms with van der Waals surface area (Å²) in [6.07, 6.45) is -0.722. The van der Waals surface area contributed by atoms with Gasteiger partial charge in [-0.1, -0.05) is 42.0 Å². The van der Waals surface area contributed by atoms with Crippen molar-refractivity contribution in [1.82, 2.24) is 10.6 Å². The van der Waals surface area contributed by atoms with E-state index in [1.54, 1.807) is 53.7 Å². The van der Waals surface area contributed by atoms with Gasteiger partial charge in [0.2, 0.25) is 0 Å². The quantitative estimate of drug-likeness (QED) is 0.297. The zero-order valence-corrected chi connectivity index (χ0v) is 25.9. The fraction of sp³-hybridized carbons (Fsp3) is 0.484. The fourth-order valence-electron chi connectivity index (χ4n) is 3.40. The second-order valence-electron chi connectivity index (χ2n) is 11.5. The predicted octanol–water partition coefficient (Wildman–Crippen LogP) is 4.60. The highest BCUT2D eigenvalue weighted by Gasteiger charge is 2.26. The van der Waals surface area contributed by atoms with Crippen LogP contribution in [0.2, 0.25) is 0 Å². The molecule has 2 rings (SSSR count). The number of aryl methyl sites for hydroxylation is 1. The van der Waals surface area contributed by atoms with E-state index in [9.17, 15) is 24.3 Å². The van der Waals surface area contributed by atoms with Crippen LogP contribution in [0.3, 0.4) is 0 Å². The number of ether oxygens (including phenoxy) is 4. The smallest absolute Gasteiger partial charge is 0.408 e. The molecule has 2 aromatic carbocycles. The lowest BCUT2D eigenvalue weighted by Crippen LogP contribution is -2.45. The Morgan fingerprint density at radius 1 is 0.667 bits per heavy atom. The van der Waals surface area contributed by atoms with Crippen LogP contribution in [0.5, 0.6) is 5.75 Å². The Morgan fingerprint density at radius 3 is 1.31 bits per heavy atom. The van der Waals surface area contributed by atoms with Gasteiger partial charge in [0, 0.05) is 12.8 Å². The highest BCUT2D eigenvalue weighted by molar-refractivity contribution is 5.82. The molecule has 0 aromatic heterocycles. The van der Waals surface area contributed by atoms with E-state index >= 15 is 0 Å². The largest absolute Gasteiger partial charge is 0.508 e. The van der Waals surface area contributed by atoms with Crippen molar-refractivity contribution in [2.75, 3.05) is 14.2 Å². The molecule has 0 aliphatic carbocycles. The van der Waals surface area contributed by atoms with Crippen LogP contribution in [0.15, 0.2) is 48.5 Å². The van der Waals surface area contributed by atoms with Crippen molar-refractivity contribution in [3.63, 3.8) is 0 Å². The van der Waals surface area contributed by atoms with Crippen LogP contribution in [-0.2, 0) is 41.4 Å². The third kappa shape index (κ3) is 14.9. The van der Waals surface area contributed by atoms with E-state index in [-0.39, 0.29) is 12.2 Å². The number of rotatable bonds is 8. The number of aromatic hydroxyl groups is 1. The minimum atomic E-state index is -0.852. The molecule has 0 aliphatic heterocycles. The van der Waals surface area contributed by atoms with E-state index in [1.807, 2.05) is 31.2 Å². The molecule has 0 unspecified atom stereocenters. The van der Waals surface area contributed by atoms with Gasteiger partial charge in [0.1, 0.15) is 29.0 Å². The molecule has 0 fully saturated rings. The second kappa shape index (κ2) is 16.2. The maximum absolute atomic E-state index is 11.8. The van der Waals surface area contributed by atoms with Gasteiger partial charge in [-0.2, -0.15) is 0 Å². The zero-order chi connectivity index (χ0) is 32.1. The molecular formula is C31H44N2O9. The number of amides is 2. The first kappa shape index (κ1) is 35.7. The van der Waals surface area contributed by atoms with E-state index in [0.29, 0.717) is 6.42 Å². The Labute approximate surface area is 247 Å². The molecule has 0 bridgehead atoms. The Balaban J connectivity index is 0.000000420. The number of esters is 2. The van der Waals surface area contributed by atoms with E-state index in [2.05, 4.69) is 15.4 Å². The number of phenols is 1. The molecule has 2 aromatic rings. The number of phenolic OH excluding ortho intramolecular Hbond substituents is 1. The number of hydrogen-bond donors (Lipinski definition) is 3. The number of methoxy groups -OCH3 is 2. The minimum Gasteiger partial charge on any atom is -0.508 e. The summed E-state index contributed by atoms with van der Waals surface area (Å²) < 4.78 is 19.7. The maximum Gasteiger partial charge on any atom is 0.408 e. The molecule has 0 spiro atoms. The average molecular weight is 589 g/mol. The molecule has 0 heterocycles. The molecule has 3 N–H and O–H groups in total. The van der Waals surface area contributed by atoms with Gasteiger partial charge in [0.25, 0.3) is 0 Å². The second-order valence-corrected chi connectivity index (χ2v) is 11.5. The van der Waals surface area contributed by atoms with Gasteiger partial charge in [-0.25, -0.2) is 19.2 Å². The van der Waals surface area contributed by atoms with Crippen LogP contribution in [0.25, 0.3) is 0 Å². The van der Waals surface area contributed by atoms with Crippen LogP contribution in [0.4, 0.5) is 9.59 Å². The van der Waals surface area contributed by atoms with Crippen LogP contribution >= 0.6 is 0 Å². The standard InChI is InChI=1S/C16H23NO4.C15H21NO5/c1-11-6-8-12(9-7-11)10-13(14(18)20-5)17-15(19)21-16(2,3)4;1-15(2,3)21-14(19)16-12(13(18)20-4)9-10-5-7-11(17)8-6-10/h6-9,13H,10H2,1-5H3,(H,17,19);5-8,12,17H,9H2,1-4H3,(H,16,19)/t13-;12-/m00/s1. The monoisotopic (exact) mass is 588 g/mol. The minimum absolute atomic E-state index is 0.133. The first-order valence-corrected chi connectivity index (χ1v) is 13.4. The number of carbonyl (C=O) groups excluding carboxylic acids is 4. The number of benzene rings is 2. The lowest BCUT2D eigenvalue weighted by atomic mass is 10.0. The molecule has 0 radical (unpaired) electrons. The number of hydrogen-bond acceptors (Lipinski definition) is 9. The molecule has 232 valence electrons. The highest BCUT2D eigenvalue weighted by Crippen LogP contribution is 2.13. The summed E-state index contributed by atoms with van der Waals surface area (Å²) in [5, 5.41) is 14.3. The first-order valence-electron chi connectivity index (χ1n) is 13.4. The van der Waals surface area contributed by atoms with Crippen molar-refractivity contribution in [2.24, 2.45) is 0 Å². The Morgan fingerprint density at radius 2 is 1.00 bits per heavy atom. The van der Waals surface area contributed by atoms with Crippen molar-refractivity contribution in [2.45, 2.75) is 84.6 Å².